The van der Waals surface area contributed by atoms with Crippen molar-refractivity contribution in [1.29, 1.82) is 0 Å². The normalized spacial score (nSPS) is 18.2. The van der Waals surface area contributed by atoms with Crippen molar-refractivity contribution in [3.63, 3.8) is 0 Å². The topological polar surface area (TPSA) is 41.5 Å². The van der Waals surface area contributed by atoms with Crippen LogP contribution in [0.3, 0.4) is 0 Å². The van der Waals surface area contributed by atoms with E-state index in [1.807, 2.05) is 13.8 Å². The van der Waals surface area contributed by atoms with Gasteiger partial charge >= 0.3 is 0 Å². The molecule has 0 heterocycles. The zero-order valence-electron chi connectivity index (χ0n) is 10.1. The molecule has 2 N–H and O–H groups in total. The van der Waals surface area contributed by atoms with Gasteiger partial charge in [0.05, 0.1) is 12.2 Å². The number of rotatable bonds is 7. The summed E-state index contributed by atoms with van der Waals surface area (Å²) in [4.78, 5) is 0. The van der Waals surface area contributed by atoms with Crippen molar-refractivity contribution in [2.75, 3.05) is 26.8 Å². The van der Waals surface area contributed by atoms with Gasteiger partial charge in [-0.25, -0.2) is 0 Å². The molecule has 0 aliphatic heterocycles. The van der Waals surface area contributed by atoms with Crippen molar-refractivity contribution in [2.45, 2.75) is 33.3 Å². The van der Waals surface area contributed by atoms with Crippen molar-refractivity contribution < 1.29 is 9.84 Å². The Morgan fingerprint density at radius 1 is 1.36 bits per heavy atom. The van der Waals surface area contributed by atoms with Crippen LogP contribution in [0.25, 0.3) is 0 Å². The summed E-state index contributed by atoms with van der Waals surface area (Å²) < 4.78 is 5.03. The Morgan fingerprint density at radius 2 is 1.93 bits per heavy atom. The lowest BCUT2D eigenvalue weighted by molar-refractivity contribution is -0.0241. The molecule has 0 aliphatic carbocycles. The molecule has 3 heteroatoms. The zero-order valence-corrected chi connectivity index (χ0v) is 10.1. The predicted octanol–water partition coefficient (Wildman–Crippen LogP) is 1.27. The molecule has 0 spiro atoms. The van der Waals surface area contributed by atoms with E-state index in [1.54, 1.807) is 7.11 Å². The number of aliphatic hydroxyl groups is 1. The Morgan fingerprint density at radius 3 is 2.36 bits per heavy atom. The van der Waals surface area contributed by atoms with Gasteiger partial charge in [0.25, 0.3) is 0 Å². The molecule has 86 valence electrons. The smallest absolute Gasteiger partial charge is 0.0790 e. The minimum atomic E-state index is -0.690. The summed E-state index contributed by atoms with van der Waals surface area (Å²) in [6.45, 7) is 10.3. The fourth-order valence-electron chi connectivity index (χ4n) is 1.22. The van der Waals surface area contributed by atoms with Crippen molar-refractivity contribution >= 4 is 0 Å². The van der Waals surface area contributed by atoms with E-state index in [-0.39, 0.29) is 5.92 Å². The maximum absolute atomic E-state index is 10.1. The molecule has 0 saturated heterocycles. The van der Waals surface area contributed by atoms with Crippen LogP contribution in [-0.2, 0) is 4.74 Å². The minimum Gasteiger partial charge on any atom is -0.388 e. The second-order valence-corrected chi connectivity index (χ2v) is 4.74. The van der Waals surface area contributed by atoms with Crippen LogP contribution in [0.4, 0.5) is 0 Å². The van der Waals surface area contributed by atoms with Crippen molar-refractivity contribution in [3.8, 4) is 0 Å². The van der Waals surface area contributed by atoms with Crippen LogP contribution in [0.5, 0.6) is 0 Å². The third kappa shape index (κ3) is 5.58. The molecule has 0 fully saturated rings. The first-order valence-corrected chi connectivity index (χ1v) is 5.32. The number of ether oxygens (including phenoxy) is 1. The molecule has 0 saturated carbocycles. The van der Waals surface area contributed by atoms with Crippen LogP contribution in [0.15, 0.2) is 0 Å². The maximum atomic E-state index is 10.1. The fraction of sp³-hybridized carbons (Fsp3) is 1.00. The van der Waals surface area contributed by atoms with Crippen LogP contribution in [0.2, 0.25) is 0 Å². The number of methoxy groups -OCH3 is 1. The number of nitrogens with one attached hydrogen (secondary N) is 1. The highest BCUT2D eigenvalue weighted by atomic mass is 16.5. The van der Waals surface area contributed by atoms with Crippen LogP contribution in [0.1, 0.15) is 27.7 Å². The van der Waals surface area contributed by atoms with Gasteiger partial charge < -0.3 is 15.2 Å². The van der Waals surface area contributed by atoms with Crippen molar-refractivity contribution in [3.05, 3.63) is 0 Å². The summed E-state index contributed by atoms with van der Waals surface area (Å²) in [7, 11) is 1.66. The molecule has 0 bridgehead atoms. The molecule has 0 aromatic carbocycles. The lowest BCUT2D eigenvalue weighted by Crippen LogP contribution is -2.45. The highest BCUT2D eigenvalue weighted by Crippen LogP contribution is 2.15. The number of hydrogen-bond acceptors (Lipinski definition) is 3. The van der Waals surface area contributed by atoms with E-state index in [0.29, 0.717) is 19.1 Å². The summed E-state index contributed by atoms with van der Waals surface area (Å²) in [5.74, 6) is 0.760. The molecule has 2 unspecified atom stereocenters. The molecule has 14 heavy (non-hydrogen) atoms. The summed E-state index contributed by atoms with van der Waals surface area (Å²) in [5, 5.41) is 13.3. The second kappa shape index (κ2) is 6.38. The van der Waals surface area contributed by atoms with Crippen molar-refractivity contribution in [1.82, 2.24) is 5.32 Å². The Balaban J connectivity index is 3.81. The Hall–Kier alpha value is -0.120. The standard InChI is InChI=1S/C11H25NO2/c1-9(2)6-12-8-11(4,13)10(3)7-14-5/h9-10,12-13H,6-8H2,1-5H3. The first kappa shape index (κ1) is 13.9. The molecule has 0 aromatic rings. The van der Waals surface area contributed by atoms with Gasteiger partial charge in [-0.2, -0.15) is 0 Å². The summed E-state index contributed by atoms with van der Waals surface area (Å²) >= 11 is 0. The lowest BCUT2D eigenvalue weighted by Gasteiger charge is -2.30. The van der Waals surface area contributed by atoms with E-state index in [4.69, 9.17) is 4.74 Å². The molecule has 0 aliphatic rings. The average Bonchev–Trinajstić information content (AvgIpc) is 2.03. The fourth-order valence-corrected chi connectivity index (χ4v) is 1.22. The monoisotopic (exact) mass is 203 g/mol. The van der Waals surface area contributed by atoms with Gasteiger partial charge in [-0.15, -0.1) is 0 Å². The molecule has 2 atom stereocenters. The minimum absolute atomic E-state index is 0.146. The second-order valence-electron chi connectivity index (χ2n) is 4.74. The van der Waals surface area contributed by atoms with Gasteiger partial charge in [0, 0.05) is 19.6 Å². The first-order chi connectivity index (χ1) is 6.40. The average molecular weight is 203 g/mol. The van der Waals surface area contributed by atoms with Crippen LogP contribution in [0, 0.1) is 11.8 Å². The molecular weight excluding hydrogens is 178 g/mol. The SMILES string of the molecule is COCC(C)C(C)(O)CNCC(C)C. The largest absolute Gasteiger partial charge is 0.388 e. The summed E-state index contributed by atoms with van der Waals surface area (Å²) in [6, 6.07) is 0. The van der Waals surface area contributed by atoms with Gasteiger partial charge in [0.2, 0.25) is 0 Å². The van der Waals surface area contributed by atoms with E-state index in [2.05, 4.69) is 19.2 Å². The van der Waals surface area contributed by atoms with E-state index >= 15 is 0 Å². The third-order valence-electron chi connectivity index (χ3n) is 2.51. The van der Waals surface area contributed by atoms with Crippen LogP contribution in [-0.4, -0.2) is 37.5 Å². The third-order valence-corrected chi connectivity index (χ3v) is 2.51. The Kier molecular flexibility index (Phi) is 6.33. The van der Waals surface area contributed by atoms with Gasteiger partial charge in [-0.1, -0.05) is 20.8 Å². The predicted molar refractivity (Wildman–Crippen MR) is 59.4 cm³/mol. The van der Waals surface area contributed by atoms with Gasteiger partial charge in [0.15, 0.2) is 0 Å². The van der Waals surface area contributed by atoms with Gasteiger partial charge in [-0.05, 0) is 19.4 Å². The maximum Gasteiger partial charge on any atom is 0.0790 e. The molecule has 0 rings (SSSR count). The van der Waals surface area contributed by atoms with E-state index < -0.39 is 5.60 Å². The zero-order chi connectivity index (χ0) is 11.2. The highest BCUT2D eigenvalue weighted by molar-refractivity contribution is 4.81. The van der Waals surface area contributed by atoms with Crippen molar-refractivity contribution in [2.24, 2.45) is 11.8 Å². The molecular formula is C11H25NO2. The Labute approximate surface area is 87.8 Å². The summed E-state index contributed by atoms with van der Waals surface area (Å²) in [5.41, 5.74) is -0.690. The number of hydrogen-bond donors (Lipinski definition) is 2. The van der Waals surface area contributed by atoms with E-state index in [9.17, 15) is 5.11 Å². The quantitative estimate of drug-likeness (QED) is 0.654. The van der Waals surface area contributed by atoms with Crippen LogP contribution >= 0.6 is 0 Å². The highest BCUT2D eigenvalue weighted by Gasteiger charge is 2.27. The summed E-state index contributed by atoms with van der Waals surface area (Å²) in [6.07, 6.45) is 0. The molecule has 0 amide bonds. The lowest BCUT2D eigenvalue weighted by atomic mass is 9.91. The molecule has 0 aromatic heterocycles. The first-order valence-electron chi connectivity index (χ1n) is 5.32. The van der Waals surface area contributed by atoms with Gasteiger partial charge in [-0.3, -0.25) is 0 Å². The molecule has 3 nitrogen and oxygen atoms in total. The van der Waals surface area contributed by atoms with Gasteiger partial charge in [0.1, 0.15) is 0 Å². The molecule has 0 radical (unpaired) electrons. The van der Waals surface area contributed by atoms with Crippen LogP contribution < -0.4 is 5.32 Å². The Bertz CT molecular complexity index is 146. The van der Waals surface area contributed by atoms with E-state index in [0.717, 1.165) is 6.54 Å². The van der Waals surface area contributed by atoms with E-state index in [1.165, 1.54) is 0 Å².